The number of carbonyl (C=O) groups excluding carboxylic acids is 3. The summed E-state index contributed by atoms with van der Waals surface area (Å²) in [5.41, 5.74) is 0. The number of hydrogen-bond acceptors (Lipinski definition) is 4. The molecule has 0 aromatic carbocycles. The van der Waals surface area contributed by atoms with Crippen LogP contribution in [0, 0.1) is 5.92 Å². The van der Waals surface area contributed by atoms with Crippen LogP contribution in [0.15, 0.2) is 0 Å². The first-order valence-electron chi connectivity index (χ1n) is 6.39. The first-order chi connectivity index (χ1) is 9.64. The summed E-state index contributed by atoms with van der Waals surface area (Å²) < 4.78 is 41.5. The highest BCUT2D eigenvalue weighted by molar-refractivity contribution is 5.90. The zero-order valence-electron chi connectivity index (χ0n) is 11.8. The molecule has 120 valence electrons. The van der Waals surface area contributed by atoms with E-state index in [0.717, 1.165) is 4.90 Å². The maximum atomic E-state index is 12.3. The van der Waals surface area contributed by atoms with E-state index < -0.39 is 36.4 Å². The minimum Gasteiger partial charge on any atom is -0.465 e. The van der Waals surface area contributed by atoms with Crippen LogP contribution in [0.5, 0.6) is 0 Å². The molecule has 0 aromatic rings. The summed E-state index contributed by atoms with van der Waals surface area (Å²) in [6.07, 6.45) is -4.77. The van der Waals surface area contributed by atoms with E-state index in [4.69, 9.17) is 0 Å². The van der Waals surface area contributed by atoms with Crippen LogP contribution in [0.4, 0.5) is 13.2 Å². The van der Waals surface area contributed by atoms with Crippen molar-refractivity contribution in [2.45, 2.75) is 19.5 Å². The number of likely N-dealkylation sites (N-methyl/N-ethyl adjacent to an activating group) is 1. The van der Waals surface area contributed by atoms with Crippen molar-refractivity contribution in [3.8, 4) is 0 Å². The number of ether oxygens (including phenoxy) is 1. The lowest BCUT2D eigenvalue weighted by Crippen LogP contribution is -2.39. The molecular formula is C12H17F3N2O4. The van der Waals surface area contributed by atoms with Gasteiger partial charge in [-0.2, -0.15) is 13.2 Å². The number of esters is 1. The zero-order valence-corrected chi connectivity index (χ0v) is 11.8. The molecule has 2 amide bonds. The SMILES string of the molecule is CCOC(=O)CN(C)C(=O)C1CC(=O)N(CC(F)(F)F)C1. The van der Waals surface area contributed by atoms with Gasteiger partial charge in [-0.05, 0) is 6.92 Å². The number of amides is 2. The van der Waals surface area contributed by atoms with Crippen molar-refractivity contribution < 1.29 is 32.3 Å². The number of carbonyl (C=O) groups is 3. The molecule has 0 aliphatic carbocycles. The molecular weight excluding hydrogens is 293 g/mol. The van der Waals surface area contributed by atoms with Crippen LogP contribution in [0.1, 0.15) is 13.3 Å². The summed E-state index contributed by atoms with van der Waals surface area (Å²) in [4.78, 5) is 36.4. The minimum absolute atomic E-state index is 0.169. The number of likely N-dealkylation sites (tertiary alicyclic amines) is 1. The molecule has 0 aromatic heterocycles. The summed E-state index contributed by atoms with van der Waals surface area (Å²) in [7, 11) is 1.34. The third kappa shape index (κ3) is 5.24. The average Bonchev–Trinajstić information content (AvgIpc) is 2.67. The van der Waals surface area contributed by atoms with Crippen molar-refractivity contribution in [1.29, 1.82) is 0 Å². The van der Waals surface area contributed by atoms with Crippen molar-refractivity contribution in [3.05, 3.63) is 0 Å². The van der Waals surface area contributed by atoms with Crippen LogP contribution in [0.2, 0.25) is 0 Å². The smallest absolute Gasteiger partial charge is 0.406 e. The fourth-order valence-electron chi connectivity index (χ4n) is 2.10. The molecule has 1 unspecified atom stereocenters. The third-order valence-corrected chi connectivity index (χ3v) is 2.98. The van der Waals surface area contributed by atoms with E-state index in [9.17, 15) is 27.6 Å². The summed E-state index contributed by atoms with van der Waals surface area (Å²) in [5, 5.41) is 0. The molecule has 0 radical (unpaired) electrons. The van der Waals surface area contributed by atoms with Gasteiger partial charge < -0.3 is 14.5 Å². The number of rotatable bonds is 5. The lowest BCUT2D eigenvalue weighted by molar-refractivity contribution is -0.157. The van der Waals surface area contributed by atoms with Gasteiger partial charge in [0.05, 0.1) is 12.5 Å². The number of nitrogens with zero attached hydrogens (tertiary/aromatic N) is 2. The van der Waals surface area contributed by atoms with Crippen LogP contribution in [0.25, 0.3) is 0 Å². The topological polar surface area (TPSA) is 66.9 Å². The lowest BCUT2D eigenvalue weighted by Gasteiger charge is -2.21. The van der Waals surface area contributed by atoms with Gasteiger partial charge in [0.25, 0.3) is 0 Å². The summed E-state index contributed by atoms with van der Waals surface area (Å²) in [6, 6.07) is 0. The van der Waals surface area contributed by atoms with Gasteiger partial charge in [-0.15, -0.1) is 0 Å². The van der Waals surface area contributed by atoms with E-state index in [1.54, 1.807) is 6.92 Å². The number of hydrogen-bond donors (Lipinski definition) is 0. The Morgan fingerprint density at radius 2 is 2.05 bits per heavy atom. The average molecular weight is 310 g/mol. The predicted octanol–water partition coefficient (Wildman–Crippen LogP) is 0.419. The highest BCUT2D eigenvalue weighted by atomic mass is 19.4. The highest BCUT2D eigenvalue weighted by Gasteiger charge is 2.41. The lowest BCUT2D eigenvalue weighted by atomic mass is 10.1. The molecule has 9 heteroatoms. The summed E-state index contributed by atoms with van der Waals surface area (Å²) in [6.45, 7) is -0.162. The van der Waals surface area contributed by atoms with Crippen molar-refractivity contribution in [2.24, 2.45) is 5.92 Å². The quantitative estimate of drug-likeness (QED) is 0.690. The maximum absolute atomic E-state index is 12.3. The molecule has 0 N–H and O–H groups in total. The van der Waals surface area contributed by atoms with Gasteiger partial charge in [0.1, 0.15) is 13.1 Å². The molecule has 0 bridgehead atoms. The van der Waals surface area contributed by atoms with Crippen LogP contribution < -0.4 is 0 Å². The van der Waals surface area contributed by atoms with E-state index in [-0.39, 0.29) is 26.1 Å². The second-order valence-corrected chi connectivity index (χ2v) is 4.79. The second kappa shape index (κ2) is 6.77. The molecule has 1 atom stereocenters. The fraction of sp³-hybridized carbons (Fsp3) is 0.750. The normalized spacial score (nSPS) is 18.8. The number of halogens is 3. The second-order valence-electron chi connectivity index (χ2n) is 4.79. The summed E-state index contributed by atoms with van der Waals surface area (Å²) >= 11 is 0. The Morgan fingerprint density at radius 3 is 2.57 bits per heavy atom. The molecule has 0 saturated carbocycles. The molecule has 1 fully saturated rings. The van der Waals surface area contributed by atoms with E-state index in [1.165, 1.54) is 7.05 Å². The highest BCUT2D eigenvalue weighted by Crippen LogP contribution is 2.24. The van der Waals surface area contributed by atoms with Crippen LogP contribution in [-0.4, -0.2) is 67.0 Å². The Morgan fingerprint density at radius 1 is 1.43 bits per heavy atom. The monoisotopic (exact) mass is 310 g/mol. The Kier molecular flexibility index (Phi) is 5.56. The Hall–Kier alpha value is -1.80. The first-order valence-corrected chi connectivity index (χ1v) is 6.39. The van der Waals surface area contributed by atoms with Gasteiger partial charge in [0.2, 0.25) is 11.8 Å². The molecule has 21 heavy (non-hydrogen) atoms. The predicted molar refractivity (Wildman–Crippen MR) is 65.0 cm³/mol. The van der Waals surface area contributed by atoms with E-state index in [0.29, 0.717) is 4.90 Å². The van der Waals surface area contributed by atoms with Crippen molar-refractivity contribution in [1.82, 2.24) is 9.80 Å². The van der Waals surface area contributed by atoms with Crippen molar-refractivity contribution in [2.75, 3.05) is 33.3 Å². The molecule has 1 heterocycles. The molecule has 1 aliphatic rings. The van der Waals surface area contributed by atoms with E-state index in [2.05, 4.69) is 4.74 Å². The third-order valence-electron chi connectivity index (χ3n) is 2.98. The van der Waals surface area contributed by atoms with Crippen molar-refractivity contribution in [3.63, 3.8) is 0 Å². The van der Waals surface area contributed by atoms with Crippen LogP contribution in [0.3, 0.4) is 0 Å². The zero-order chi connectivity index (χ0) is 16.2. The molecule has 0 spiro atoms. The first kappa shape index (κ1) is 17.3. The standard InChI is InChI=1S/C12H17F3N2O4/c1-3-21-10(19)6-16(2)11(20)8-4-9(18)17(5-8)7-12(13,14)15/h8H,3-7H2,1-2H3. The maximum Gasteiger partial charge on any atom is 0.406 e. The van der Waals surface area contributed by atoms with Gasteiger partial charge in [-0.25, -0.2) is 0 Å². The van der Waals surface area contributed by atoms with Crippen LogP contribution >= 0.6 is 0 Å². The Balaban J connectivity index is 2.56. The number of alkyl halides is 3. The summed E-state index contributed by atoms with van der Waals surface area (Å²) in [5.74, 6) is -2.72. The van der Waals surface area contributed by atoms with Gasteiger partial charge in [0, 0.05) is 20.0 Å². The van der Waals surface area contributed by atoms with E-state index >= 15 is 0 Å². The van der Waals surface area contributed by atoms with Gasteiger partial charge >= 0.3 is 12.1 Å². The van der Waals surface area contributed by atoms with Gasteiger partial charge in [0.15, 0.2) is 0 Å². The van der Waals surface area contributed by atoms with Gasteiger partial charge in [-0.1, -0.05) is 0 Å². The molecule has 6 nitrogen and oxygen atoms in total. The largest absolute Gasteiger partial charge is 0.465 e. The fourth-order valence-corrected chi connectivity index (χ4v) is 2.10. The van der Waals surface area contributed by atoms with Crippen molar-refractivity contribution >= 4 is 17.8 Å². The van der Waals surface area contributed by atoms with Crippen LogP contribution in [-0.2, 0) is 19.1 Å². The molecule has 1 saturated heterocycles. The molecule has 1 rings (SSSR count). The Labute approximate surface area is 119 Å². The minimum atomic E-state index is -4.50. The Bertz CT molecular complexity index is 425. The molecule has 1 aliphatic heterocycles. The van der Waals surface area contributed by atoms with E-state index in [1.807, 2.05) is 0 Å². The van der Waals surface area contributed by atoms with Gasteiger partial charge in [-0.3, -0.25) is 14.4 Å².